The molecule has 0 saturated carbocycles. The molecule has 0 aliphatic rings. The summed E-state index contributed by atoms with van der Waals surface area (Å²) in [5, 5.41) is 11.4. The number of nitrogens with one attached hydrogen (secondary N) is 2. The van der Waals surface area contributed by atoms with Crippen LogP contribution >= 0.6 is 0 Å². The molecule has 0 saturated heterocycles. The summed E-state index contributed by atoms with van der Waals surface area (Å²) in [4.78, 5) is 25.4. The topological polar surface area (TPSA) is 121 Å². The Labute approximate surface area is 198 Å². The van der Waals surface area contributed by atoms with Gasteiger partial charge in [0.05, 0.1) is 4.90 Å². The number of carbonyl (C=O) groups excluding carboxylic acids is 2. The summed E-state index contributed by atoms with van der Waals surface area (Å²) in [6.07, 6.45) is 5.21. The van der Waals surface area contributed by atoms with Crippen LogP contribution in [0.15, 0.2) is 78.0 Å². The highest BCUT2D eigenvalue weighted by molar-refractivity contribution is 7.90. The highest BCUT2D eigenvalue weighted by Crippen LogP contribution is 2.23. The van der Waals surface area contributed by atoms with Gasteiger partial charge >= 0.3 is 0 Å². The summed E-state index contributed by atoms with van der Waals surface area (Å²) in [6, 6.07) is 15.1. The van der Waals surface area contributed by atoms with E-state index in [-0.39, 0.29) is 10.8 Å². The van der Waals surface area contributed by atoms with Crippen LogP contribution in [0.2, 0.25) is 0 Å². The summed E-state index contributed by atoms with van der Waals surface area (Å²) in [6.45, 7) is 1.31. The second-order valence-electron chi connectivity index (χ2n) is 7.75. The van der Waals surface area contributed by atoms with Crippen molar-refractivity contribution >= 4 is 27.9 Å². The van der Waals surface area contributed by atoms with Crippen molar-refractivity contribution in [3.05, 3.63) is 84.2 Å². The highest BCUT2D eigenvalue weighted by Gasteiger charge is 2.16. The Morgan fingerprint density at radius 2 is 1.62 bits per heavy atom. The fourth-order valence-electron chi connectivity index (χ4n) is 3.10. The lowest BCUT2D eigenvalue weighted by molar-refractivity contribution is -0.124. The number of carbonyl (C=O) groups is 2. The number of benzene rings is 2. The first-order chi connectivity index (χ1) is 16.2. The molecular weight excluding hydrogens is 456 g/mol. The maximum Gasteiger partial charge on any atom is 0.267 e. The molecule has 10 heteroatoms. The van der Waals surface area contributed by atoms with Crippen LogP contribution in [-0.2, 0) is 14.8 Å². The Bertz CT molecular complexity index is 1280. The standard InChI is InChI=1S/C24H26N4O5S/c1-27(2)16-14-25-24(30)21-6-4-19(5-7-21)20-8-10-22(11-9-20)34(32,33)28-15-13-18(17-28)3-12-23(29)26-31/h3-13,15,17,31H,14,16H2,1-2H3,(H,25,30)(H,26,29). The van der Waals surface area contributed by atoms with E-state index in [1.165, 1.54) is 42.1 Å². The van der Waals surface area contributed by atoms with Crippen molar-refractivity contribution in [3.63, 3.8) is 0 Å². The molecule has 0 fully saturated rings. The number of hydrogen-bond donors (Lipinski definition) is 3. The zero-order valence-corrected chi connectivity index (χ0v) is 19.6. The second kappa shape index (κ2) is 10.9. The Balaban J connectivity index is 1.71. The van der Waals surface area contributed by atoms with Gasteiger partial charge in [-0.05, 0) is 67.2 Å². The molecule has 3 N–H and O–H groups in total. The average Bonchev–Trinajstić information content (AvgIpc) is 3.32. The van der Waals surface area contributed by atoms with Gasteiger partial charge in [0.15, 0.2) is 0 Å². The van der Waals surface area contributed by atoms with Gasteiger partial charge in [-0.3, -0.25) is 14.8 Å². The first-order valence-electron chi connectivity index (χ1n) is 10.4. The minimum Gasteiger partial charge on any atom is -0.351 e. The quantitative estimate of drug-likeness (QED) is 0.244. The predicted octanol–water partition coefficient (Wildman–Crippen LogP) is 2.20. The summed E-state index contributed by atoms with van der Waals surface area (Å²) in [5.74, 6) is -0.864. The van der Waals surface area contributed by atoms with Crippen molar-refractivity contribution in [2.75, 3.05) is 27.2 Å². The van der Waals surface area contributed by atoms with Gasteiger partial charge in [0.25, 0.3) is 21.8 Å². The van der Waals surface area contributed by atoms with Crippen molar-refractivity contribution < 1.29 is 23.2 Å². The Morgan fingerprint density at radius 1 is 1.00 bits per heavy atom. The normalized spacial score (nSPS) is 11.6. The third kappa shape index (κ3) is 6.19. The van der Waals surface area contributed by atoms with Crippen LogP contribution in [0, 0.1) is 0 Å². The van der Waals surface area contributed by atoms with E-state index in [2.05, 4.69) is 5.32 Å². The van der Waals surface area contributed by atoms with Gasteiger partial charge < -0.3 is 10.2 Å². The van der Waals surface area contributed by atoms with Crippen molar-refractivity contribution in [2.45, 2.75) is 4.90 Å². The number of aromatic nitrogens is 1. The zero-order valence-electron chi connectivity index (χ0n) is 18.8. The number of hydroxylamine groups is 1. The largest absolute Gasteiger partial charge is 0.351 e. The molecule has 0 radical (unpaired) electrons. The van der Waals surface area contributed by atoms with E-state index in [1.807, 2.05) is 31.1 Å². The van der Waals surface area contributed by atoms with Crippen molar-refractivity contribution in [3.8, 4) is 11.1 Å². The van der Waals surface area contributed by atoms with E-state index < -0.39 is 15.9 Å². The Kier molecular flexibility index (Phi) is 8.00. The van der Waals surface area contributed by atoms with Crippen LogP contribution < -0.4 is 10.8 Å². The monoisotopic (exact) mass is 482 g/mol. The minimum absolute atomic E-state index is 0.104. The molecule has 0 aliphatic heterocycles. The molecule has 1 heterocycles. The maximum absolute atomic E-state index is 12.9. The van der Waals surface area contributed by atoms with E-state index in [1.54, 1.807) is 24.3 Å². The first kappa shape index (κ1) is 24.9. The van der Waals surface area contributed by atoms with Crippen molar-refractivity contribution in [1.29, 1.82) is 0 Å². The molecule has 3 rings (SSSR count). The molecule has 3 aromatic rings. The van der Waals surface area contributed by atoms with Gasteiger partial charge in [-0.15, -0.1) is 0 Å². The molecule has 0 unspecified atom stereocenters. The van der Waals surface area contributed by atoms with Crippen LogP contribution in [0.4, 0.5) is 0 Å². The van der Waals surface area contributed by atoms with E-state index >= 15 is 0 Å². The van der Waals surface area contributed by atoms with E-state index in [4.69, 9.17) is 5.21 Å². The van der Waals surface area contributed by atoms with Crippen LogP contribution in [0.3, 0.4) is 0 Å². The van der Waals surface area contributed by atoms with Crippen LogP contribution in [0.5, 0.6) is 0 Å². The molecule has 1 aromatic heterocycles. The first-order valence-corrected chi connectivity index (χ1v) is 11.8. The van der Waals surface area contributed by atoms with Crippen LogP contribution in [0.25, 0.3) is 17.2 Å². The smallest absolute Gasteiger partial charge is 0.267 e. The fraction of sp³-hybridized carbons (Fsp3) is 0.167. The summed E-state index contributed by atoms with van der Waals surface area (Å²) in [5.41, 5.74) is 4.16. The molecule has 0 bridgehead atoms. The Morgan fingerprint density at radius 3 is 2.21 bits per heavy atom. The summed E-state index contributed by atoms with van der Waals surface area (Å²) < 4.78 is 26.9. The van der Waals surface area contributed by atoms with E-state index in [9.17, 15) is 18.0 Å². The number of hydrogen-bond acceptors (Lipinski definition) is 6. The van der Waals surface area contributed by atoms with Crippen molar-refractivity contribution in [2.24, 2.45) is 0 Å². The number of likely N-dealkylation sites (N-methyl/N-ethyl adjacent to an activating group) is 1. The second-order valence-corrected chi connectivity index (χ2v) is 9.59. The number of rotatable bonds is 9. The van der Waals surface area contributed by atoms with E-state index in [0.717, 1.165) is 27.7 Å². The number of amides is 2. The van der Waals surface area contributed by atoms with Gasteiger partial charge in [-0.1, -0.05) is 24.3 Å². The molecule has 0 spiro atoms. The lowest BCUT2D eigenvalue weighted by atomic mass is 10.0. The average molecular weight is 483 g/mol. The van der Waals surface area contributed by atoms with Crippen molar-refractivity contribution in [1.82, 2.24) is 19.7 Å². The zero-order chi connectivity index (χ0) is 24.7. The van der Waals surface area contributed by atoms with Crippen LogP contribution in [-0.4, -0.2) is 61.5 Å². The lowest BCUT2D eigenvalue weighted by Crippen LogP contribution is -2.31. The van der Waals surface area contributed by atoms with Gasteiger partial charge in [0, 0.05) is 37.1 Å². The van der Waals surface area contributed by atoms with Gasteiger partial charge in [-0.25, -0.2) is 17.9 Å². The third-order valence-corrected chi connectivity index (χ3v) is 6.63. The lowest BCUT2D eigenvalue weighted by Gasteiger charge is -2.11. The van der Waals surface area contributed by atoms with Crippen LogP contribution in [0.1, 0.15) is 15.9 Å². The fourth-order valence-corrected chi connectivity index (χ4v) is 4.31. The molecule has 9 nitrogen and oxygen atoms in total. The molecule has 34 heavy (non-hydrogen) atoms. The van der Waals surface area contributed by atoms with Gasteiger partial charge in [0.1, 0.15) is 0 Å². The molecule has 2 amide bonds. The van der Waals surface area contributed by atoms with E-state index in [0.29, 0.717) is 17.7 Å². The molecule has 0 aliphatic carbocycles. The van der Waals surface area contributed by atoms with Gasteiger partial charge in [0.2, 0.25) is 0 Å². The molecule has 2 aromatic carbocycles. The predicted molar refractivity (Wildman–Crippen MR) is 129 cm³/mol. The number of nitrogens with zero attached hydrogens (tertiary/aromatic N) is 2. The highest BCUT2D eigenvalue weighted by atomic mass is 32.2. The Hall–Kier alpha value is -3.73. The maximum atomic E-state index is 12.9. The molecule has 178 valence electrons. The third-order valence-electron chi connectivity index (χ3n) is 4.98. The molecule has 0 atom stereocenters. The summed E-state index contributed by atoms with van der Waals surface area (Å²) in [7, 11) is 0.0567. The summed E-state index contributed by atoms with van der Waals surface area (Å²) >= 11 is 0. The van der Waals surface area contributed by atoms with Gasteiger partial charge in [-0.2, -0.15) is 0 Å². The SMILES string of the molecule is CN(C)CCNC(=O)c1ccc(-c2ccc(S(=O)(=O)n3ccc(C=CC(=O)NO)c3)cc2)cc1. The minimum atomic E-state index is -3.82. The molecular formula is C24H26N4O5S.